The lowest BCUT2D eigenvalue weighted by atomic mass is 10.2. The Bertz CT molecular complexity index is 402. The normalized spacial score (nSPS) is 15.0. The Balaban J connectivity index is 4.73. The van der Waals surface area contributed by atoms with Crippen molar-refractivity contribution in [2.75, 3.05) is 12.9 Å². The predicted molar refractivity (Wildman–Crippen MR) is 67.7 cm³/mol. The molecule has 0 aliphatic rings. The summed E-state index contributed by atoms with van der Waals surface area (Å²) in [6.07, 6.45) is 0. The third-order valence-electron chi connectivity index (χ3n) is 2.42. The van der Waals surface area contributed by atoms with Crippen molar-refractivity contribution < 1.29 is 22.7 Å². The number of hydrogen-bond acceptors (Lipinski definition) is 5. The smallest absolute Gasteiger partial charge is 0.309 e. The van der Waals surface area contributed by atoms with Crippen molar-refractivity contribution in [3.05, 3.63) is 0 Å². The van der Waals surface area contributed by atoms with Crippen LogP contribution in [0.1, 0.15) is 27.7 Å². The van der Waals surface area contributed by atoms with E-state index in [1.807, 2.05) is 0 Å². The van der Waals surface area contributed by atoms with Crippen molar-refractivity contribution in [1.82, 2.24) is 5.32 Å². The summed E-state index contributed by atoms with van der Waals surface area (Å²) in [7, 11) is -2.48. The Kier molecular flexibility index (Phi) is 6.31. The molecule has 0 bridgehead atoms. The Morgan fingerprint density at radius 3 is 2.06 bits per heavy atom. The quantitative estimate of drug-likeness (QED) is 0.698. The molecule has 0 rings (SSSR count). The van der Waals surface area contributed by atoms with Crippen molar-refractivity contribution in [2.45, 2.75) is 39.0 Å². The van der Waals surface area contributed by atoms with Gasteiger partial charge in [0.2, 0.25) is 5.91 Å². The van der Waals surface area contributed by atoms with Gasteiger partial charge in [0, 0.05) is 6.04 Å². The topological polar surface area (TPSA) is 89.5 Å². The zero-order chi connectivity index (χ0) is 14.5. The lowest BCUT2D eigenvalue weighted by molar-refractivity contribution is -0.144. The zero-order valence-electron chi connectivity index (χ0n) is 11.4. The minimum Gasteiger partial charge on any atom is -0.469 e. The van der Waals surface area contributed by atoms with Gasteiger partial charge in [0.25, 0.3) is 0 Å². The van der Waals surface area contributed by atoms with E-state index in [0.29, 0.717) is 0 Å². The van der Waals surface area contributed by atoms with Gasteiger partial charge in [0.05, 0.1) is 18.8 Å². The number of methoxy groups -OCH3 is 1. The molecule has 0 heterocycles. The maximum atomic E-state index is 11.9. The van der Waals surface area contributed by atoms with Gasteiger partial charge in [-0.2, -0.15) is 0 Å². The number of carbonyl (C=O) groups excluding carboxylic acids is 2. The van der Waals surface area contributed by atoms with Gasteiger partial charge in [-0.25, -0.2) is 8.42 Å². The minimum absolute atomic E-state index is 0.131. The molecule has 2 unspecified atom stereocenters. The molecule has 0 saturated heterocycles. The van der Waals surface area contributed by atoms with Gasteiger partial charge in [-0.3, -0.25) is 9.59 Å². The van der Waals surface area contributed by atoms with Gasteiger partial charge in [-0.05, 0) is 20.8 Å². The number of hydrogen-bond donors (Lipinski definition) is 1. The SMILES string of the molecule is COC(=O)C(C)CS(=O)(=O)C(C)C(=O)NC(C)C. The Morgan fingerprint density at radius 2 is 1.67 bits per heavy atom. The highest BCUT2D eigenvalue weighted by Crippen LogP contribution is 2.10. The second-order valence-corrected chi connectivity index (χ2v) is 6.93. The molecule has 0 saturated carbocycles. The second-order valence-electron chi connectivity index (χ2n) is 4.56. The minimum atomic E-state index is -3.67. The molecule has 6 nitrogen and oxygen atoms in total. The summed E-state index contributed by atoms with van der Waals surface area (Å²) in [5, 5.41) is 1.36. The average molecular weight is 279 g/mol. The molecule has 1 N–H and O–H groups in total. The Morgan fingerprint density at radius 1 is 1.17 bits per heavy atom. The number of ether oxygens (including phenoxy) is 1. The van der Waals surface area contributed by atoms with Crippen LogP contribution >= 0.6 is 0 Å². The number of nitrogens with one attached hydrogen (secondary N) is 1. The van der Waals surface area contributed by atoms with Crippen LogP contribution < -0.4 is 5.32 Å². The molecule has 18 heavy (non-hydrogen) atoms. The summed E-state index contributed by atoms with van der Waals surface area (Å²) in [6, 6.07) is -0.131. The van der Waals surface area contributed by atoms with E-state index in [1.165, 1.54) is 21.0 Å². The number of esters is 1. The first-order chi connectivity index (χ1) is 8.11. The van der Waals surface area contributed by atoms with Crippen LogP contribution in [0.3, 0.4) is 0 Å². The predicted octanol–water partition coefficient (Wildman–Crippen LogP) is 0.123. The maximum absolute atomic E-state index is 11.9. The van der Waals surface area contributed by atoms with Gasteiger partial charge in [0.15, 0.2) is 9.84 Å². The Labute approximate surface area is 108 Å². The van der Waals surface area contributed by atoms with Gasteiger partial charge < -0.3 is 10.1 Å². The van der Waals surface area contributed by atoms with E-state index in [-0.39, 0.29) is 6.04 Å². The van der Waals surface area contributed by atoms with Gasteiger partial charge in [-0.15, -0.1) is 0 Å². The van der Waals surface area contributed by atoms with Crippen LogP contribution in [0.25, 0.3) is 0 Å². The monoisotopic (exact) mass is 279 g/mol. The lowest BCUT2D eigenvalue weighted by Crippen LogP contribution is -2.43. The molecule has 0 aromatic rings. The molecule has 0 radical (unpaired) electrons. The summed E-state index contributed by atoms with van der Waals surface area (Å²) in [4.78, 5) is 22.8. The molecule has 0 aromatic carbocycles. The first kappa shape index (κ1) is 16.9. The Hall–Kier alpha value is -1.11. The van der Waals surface area contributed by atoms with Crippen molar-refractivity contribution in [1.29, 1.82) is 0 Å². The van der Waals surface area contributed by atoms with E-state index in [1.54, 1.807) is 13.8 Å². The summed E-state index contributed by atoms with van der Waals surface area (Å²) in [5.41, 5.74) is 0. The van der Waals surface area contributed by atoms with E-state index in [0.717, 1.165) is 0 Å². The highest BCUT2D eigenvalue weighted by Gasteiger charge is 2.31. The van der Waals surface area contributed by atoms with Gasteiger partial charge >= 0.3 is 5.97 Å². The molecular formula is C11H21NO5S. The maximum Gasteiger partial charge on any atom is 0.309 e. The van der Waals surface area contributed by atoms with Crippen molar-refractivity contribution in [2.24, 2.45) is 5.92 Å². The molecule has 0 aliphatic carbocycles. The molecule has 0 fully saturated rings. The van der Waals surface area contributed by atoms with Crippen LogP contribution in [0, 0.1) is 5.92 Å². The standard InChI is InChI=1S/C11H21NO5S/c1-7(2)12-10(13)9(4)18(15,16)6-8(3)11(14)17-5/h7-9H,6H2,1-5H3,(H,12,13). The van der Waals surface area contributed by atoms with Crippen LogP contribution in [-0.2, 0) is 24.2 Å². The van der Waals surface area contributed by atoms with E-state index in [4.69, 9.17) is 0 Å². The fourth-order valence-electron chi connectivity index (χ4n) is 1.33. The number of rotatable bonds is 6. The molecular weight excluding hydrogens is 258 g/mol. The summed E-state index contributed by atoms with van der Waals surface area (Å²) in [5.74, 6) is -2.33. The fraction of sp³-hybridized carbons (Fsp3) is 0.818. The van der Waals surface area contributed by atoms with Crippen LogP contribution in [0.4, 0.5) is 0 Å². The van der Waals surface area contributed by atoms with Crippen LogP contribution in [-0.4, -0.2) is 44.4 Å². The summed E-state index contributed by atoms with van der Waals surface area (Å²) in [6.45, 7) is 6.26. The van der Waals surface area contributed by atoms with E-state index in [9.17, 15) is 18.0 Å². The molecule has 0 aromatic heterocycles. The molecule has 0 spiro atoms. The molecule has 0 aliphatic heterocycles. The van der Waals surface area contributed by atoms with Gasteiger partial charge in [0.1, 0.15) is 5.25 Å². The first-order valence-electron chi connectivity index (χ1n) is 5.71. The van der Waals surface area contributed by atoms with Crippen molar-refractivity contribution in [3.8, 4) is 0 Å². The zero-order valence-corrected chi connectivity index (χ0v) is 12.2. The molecule has 7 heteroatoms. The third-order valence-corrected chi connectivity index (χ3v) is 4.68. The van der Waals surface area contributed by atoms with Crippen LogP contribution in [0.15, 0.2) is 0 Å². The fourth-order valence-corrected chi connectivity index (χ4v) is 2.84. The highest BCUT2D eigenvalue weighted by molar-refractivity contribution is 7.92. The number of carbonyl (C=O) groups is 2. The van der Waals surface area contributed by atoms with Crippen molar-refractivity contribution in [3.63, 3.8) is 0 Å². The first-order valence-corrected chi connectivity index (χ1v) is 7.43. The molecule has 1 amide bonds. The molecule has 2 atom stereocenters. The van der Waals surface area contributed by atoms with Gasteiger partial charge in [-0.1, -0.05) is 6.92 Å². The van der Waals surface area contributed by atoms with E-state index >= 15 is 0 Å². The van der Waals surface area contributed by atoms with Crippen molar-refractivity contribution >= 4 is 21.7 Å². The third kappa shape index (κ3) is 5.03. The second kappa shape index (κ2) is 6.72. The number of amides is 1. The summed E-state index contributed by atoms with van der Waals surface area (Å²) >= 11 is 0. The van der Waals surface area contributed by atoms with Crippen LogP contribution in [0.5, 0.6) is 0 Å². The highest BCUT2D eigenvalue weighted by atomic mass is 32.2. The largest absolute Gasteiger partial charge is 0.469 e. The number of sulfone groups is 1. The van der Waals surface area contributed by atoms with E-state index in [2.05, 4.69) is 10.1 Å². The lowest BCUT2D eigenvalue weighted by Gasteiger charge is -2.17. The summed E-state index contributed by atoms with van der Waals surface area (Å²) < 4.78 is 28.3. The van der Waals surface area contributed by atoms with E-state index < -0.39 is 38.6 Å². The average Bonchev–Trinajstić information content (AvgIpc) is 2.25. The molecule has 106 valence electrons. The van der Waals surface area contributed by atoms with Crippen LogP contribution in [0.2, 0.25) is 0 Å².